The first kappa shape index (κ1) is 29.5. The minimum Gasteiger partial charge on any atom is -0.311 e. The first-order valence-corrected chi connectivity index (χ1v) is 17.8. The highest BCUT2D eigenvalue weighted by Gasteiger charge is 2.51. The molecule has 0 radical (unpaired) electrons. The lowest BCUT2D eigenvalue weighted by atomic mass is 9.70. The van der Waals surface area contributed by atoms with Crippen LogP contribution in [-0.4, -0.2) is 0 Å². The van der Waals surface area contributed by atoms with E-state index in [9.17, 15) is 0 Å². The number of rotatable bonds is 5. The molecule has 0 aromatic heterocycles. The monoisotopic (exact) mass is 649 g/mol. The van der Waals surface area contributed by atoms with E-state index in [0.29, 0.717) is 0 Å². The summed E-state index contributed by atoms with van der Waals surface area (Å²) in [6.45, 7) is 2.15. The molecule has 1 spiro atoms. The zero-order chi connectivity index (χ0) is 33.9. The standard InChI is InChI=1S/C50H35N/c1-34-20-22-35(23-21-34)37-26-30-44-45-31-27-38(36-24-28-41(29-25-36)51(39-12-4-2-5-13-39)40-14-6-3-7-15-40)33-49(45)50(48(44)32-37)46-18-10-8-16-42(46)43-17-9-11-19-47(43)50/h2-33H,1H3. The summed E-state index contributed by atoms with van der Waals surface area (Å²) in [5.41, 5.74) is 19.9. The minimum atomic E-state index is -0.411. The van der Waals surface area contributed by atoms with Gasteiger partial charge in [0.2, 0.25) is 0 Å². The van der Waals surface area contributed by atoms with Gasteiger partial charge in [-0.15, -0.1) is 0 Å². The third-order valence-corrected chi connectivity index (χ3v) is 11.0. The van der Waals surface area contributed by atoms with Crippen molar-refractivity contribution < 1.29 is 0 Å². The van der Waals surface area contributed by atoms with Crippen molar-refractivity contribution in [1.82, 2.24) is 0 Å². The fraction of sp³-hybridized carbons (Fsp3) is 0.0400. The lowest BCUT2D eigenvalue weighted by Gasteiger charge is -2.31. The molecule has 0 fully saturated rings. The van der Waals surface area contributed by atoms with E-state index in [2.05, 4.69) is 206 Å². The largest absolute Gasteiger partial charge is 0.311 e. The van der Waals surface area contributed by atoms with E-state index >= 15 is 0 Å². The van der Waals surface area contributed by atoms with Crippen LogP contribution in [0.2, 0.25) is 0 Å². The molecular weight excluding hydrogens is 615 g/mol. The van der Waals surface area contributed by atoms with Crippen LogP contribution in [0.1, 0.15) is 27.8 Å². The third-order valence-electron chi connectivity index (χ3n) is 11.0. The van der Waals surface area contributed by atoms with Gasteiger partial charge in [0.05, 0.1) is 5.41 Å². The van der Waals surface area contributed by atoms with Crippen LogP contribution in [0, 0.1) is 6.92 Å². The van der Waals surface area contributed by atoms with Crippen LogP contribution < -0.4 is 4.90 Å². The Kier molecular flexibility index (Phi) is 6.69. The van der Waals surface area contributed by atoms with E-state index in [0.717, 1.165) is 17.1 Å². The Bertz CT molecular complexity index is 2480. The van der Waals surface area contributed by atoms with Crippen molar-refractivity contribution in [2.24, 2.45) is 0 Å². The smallest absolute Gasteiger partial charge is 0.0725 e. The van der Waals surface area contributed by atoms with E-state index in [1.165, 1.54) is 72.3 Å². The number of hydrogen-bond acceptors (Lipinski definition) is 1. The van der Waals surface area contributed by atoms with Gasteiger partial charge in [0.15, 0.2) is 0 Å². The fourth-order valence-corrected chi connectivity index (χ4v) is 8.65. The Morgan fingerprint density at radius 1 is 0.314 bits per heavy atom. The second kappa shape index (κ2) is 11.6. The summed E-state index contributed by atoms with van der Waals surface area (Å²) >= 11 is 0. The van der Waals surface area contributed by atoms with Gasteiger partial charge in [-0.3, -0.25) is 0 Å². The Morgan fingerprint density at radius 2 is 0.686 bits per heavy atom. The molecule has 0 bridgehead atoms. The van der Waals surface area contributed by atoms with Crippen molar-refractivity contribution in [3.63, 3.8) is 0 Å². The zero-order valence-corrected chi connectivity index (χ0v) is 28.4. The molecule has 2 aliphatic rings. The fourth-order valence-electron chi connectivity index (χ4n) is 8.65. The predicted octanol–water partition coefficient (Wildman–Crippen LogP) is 13.1. The maximum absolute atomic E-state index is 2.47. The van der Waals surface area contributed by atoms with Crippen LogP contribution in [0.5, 0.6) is 0 Å². The summed E-state index contributed by atoms with van der Waals surface area (Å²) in [5, 5.41) is 0. The molecular formula is C50H35N. The van der Waals surface area contributed by atoms with Gasteiger partial charge >= 0.3 is 0 Å². The number of hydrogen-bond donors (Lipinski definition) is 0. The second-order valence-electron chi connectivity index (χ2n) is 13.8. The molecule has 0 unspecified atom stereocenters. The van der Waals surface area contributed by atoms with Crippen molar-refractivity contribution in [3.05, 3.63) is 222 Å². The van der Waals surface area contributed by atoms with Crippen LogP contribution in [0.15, 0.2) is 194 Å². The van der Waals surface area contributed by atoms with Crippen LogP contribution in [0.25, 0.3) is 44.5 Å². The summed E-state index contributed by atoms with van der Waals surface area (Å²) in [7, 11) is 0. The number of benzene rings is 8. The van der Waals surface area contributed by atoms with E-state index in [1.54, 1.807) is 0 Å². The molecule has 8 aromatic rings. The van der Waals surface area contributed by atoms with Gasteiger partial charge < -0.3 is 4.90 Å². The summed E-state index contributed by atoms with van der Waals surface area (Å²) in [5.74, 6) is 0. The van der Waals surface area contributed by atoms with Crippen molar-refractivity contribution >= 4 is 17.1 Å². The van der Waals surface area contributed by atoms with E-state index in [1.807, 2.05) is 0 Å². The predicted molar refractivity (Wildman–Crippen MR) is 213 cm³/mol. The normalized spacial score (nSPS) is 13.0. The van der Waals surface area contributed by atoms with Gasteiger partial charge in [0.1, 0.15) is 0 Å². The maximum Gasteiger partial charge on any atom is 0.0725 e. The molecule has 10 rings (SSSR count). The highest BCUT2D eigenvalue weighted by molar-refractivity contribution is 5.97. The molecule has 0 N–H and O–H groups in total. The van der Waals surface area contributed by atoms with Gasteiger partial charge in [0, 0.05) is 17.1 Å². The molecule has 0 atom stereocenters. The molecule has 2 aliphatic carbocycles. The summed E-state index contributed by atoms with van der Waals surface area (Å²) < 4.78 is 0. The molecule has 0 saturated carbocycles. The first-order chi connectivity index (χ1) is 25.2. The van der Waals surface area contributed by atoms with Crippen LogP contribution in [0.4, 0.5) is 17.1 Å². The Morgan fingerprint density at radius 3 is 1.18 bits per heavy atom. The number of fused-ring (bicyclic) bond motifs is 10. The number of aryl methyl sites for hydroxylation is 1. The lowest BCUT2D eigenvalue weighted by Crippen LogP contribution is -2.26. The van der Waals surface area contributed by atoms with E-state index in [-0.39, 0.29) is 0 Å². The molecule has 0 aliphatic heterocycles. The minimum absolute atomic E-state index is 0.411. The van der Waals surface area contributed by atoms with Crippen LogP contribution in [-0.2, 0) is 5.41 Å². The average Bonchev–Trinajstić information content (AvgIpc) is 3.66. The molecule has 240 valence electrons. The number of para-hydroxylation sites is 2. The third kappa shape index (κ3) is 4.48. The lowest BCUT2D eigenvalue weighted by molar-refractivity contribution is 0.794. The Labute approximate surface area is 299 Å². The van der Waals surface area contributed by atoms with Gasteiger partial charge in [-0.2, -0.15) is 0 Å². The Balaban J connectivity index is 1.15. The van der Waals surface area contributed by atoms with Crippen LogP contribution in [0.3, 0.4) is 0 Å². The molecule has 0 amide bonds. The van der Waals surface area contributed by atoms with Crippen LogP contribution >= 0.6 is 0 Å². The second-order valence-corrected chi connectivity index (χ2v) is 13.8. The molecule has 51 heavy (non-hydrogen) atoms. The molecule has 0 heterocycles. The van der Waals surface area contributed by atoms with E-state index in [4.69, 9.17) is 0 Å². The summed E-state index contributed by atoms with van der Waals surface area (Å²) in [4.78, 5) is 2.32. The summed E-state index contributed by atoms with van der Waals surface area (Å²) in [6, 6.07) is 71.6. The highest BCUT2D eigenvalue weighted by atomic mass is 15.1. The molecule has 8 aromatic carbocycles. The zero-order valence-electron chi connectivity index (χ0n) is 28.4. The first-order valence-electron chi connectivity index (χ1n) is 17.8. The quantitative estimate of drug-likeness (QED) is 0.179. The molecule has 1 nitrogen and oxygen atoms in total. The van der Waals surface area contributed by atoms with Crippen molar-refractivity contribution in [2.45, 2.75) is 12.3 Å². The van der Waals surface area contributed by atoms with Crippen molar-refractivity contribution in [3.8, 4) is 44.5 Å². The maximum atomic E-state index is 2.47. The van der Waals surface area contributed by atoms with Gasteiger partial charge in [0.25, 0.3) is 0 Å². The topological polar surface area (TPSA) is 3.24 Å². The number of anilines is 3. The average molecular weight is 650 g/mol. The van der Waals surface area contributed by atoms with Crippen molar-refractivity contribution in [1.29, 1.82) is 0 Å². The Hall–Kier alpha value is -6.44. The van der Waals surface area contributed by atoms with Crippen molar-refractivity contribution in [2.75, 3.05) is 4.90 Å². The van der Waals surface area contributed by atoms with Gasteiger partial charge in [-0.05, 0) is 122 Å². The van der Waals surface area contributed by atoms with E-state index < -0.39 is 5.41 Å². The SMILES string of the molecule is Cc1ccc(-c2ccc3c(c2)C2(c4ccccc4-c4ccccc42)c2cc(-c4ccc(N(c5ccccc5)c5ccccc5)cc4)ccc2-3)cc1. The number of nitrogens with zero attached hydrogens (tertiary/aromatic N) is 1. The molecule has 1 heteroatoms. The highest BCUT2D eigenvalue weighted by Crippen LogP contribution is 2.63. The summed E-state index contributed by atoms with van der Waals surface area (Å²) in [6.07, 6.45) is 0. The molecule has 0 saturated heterocycles. The van der Waals surface area contributed by atoms with Gasteiger partial charge in [-0.1, -0.05) is 151 Å². The van der Waals surface area contributed by atoms with Gasteiger partial charge in [-0.25, -0.2) is 0 Å².